The van der Waals surface area contributed by atoms with Crippen LogP contribution >= 0.6 is 119 Å². The van der Waals surface area contributed by atoms with Gasteiger partial charge in [0.05, 0.1) is 9.16 Å². The number of hydrogen-bond donors (Lipinski definition) is 2. The molecular weight excluding hydrogens is 1020 g/mol. The predicted octanol–water partition coefficient (Wildman–Crippen LogP) is 21.9. The lowest BCUT2D eigenvalue weighted by Gasteiger charge is -2.19. The maximum Gasteiger partial charge on any atom is 0.0502 e. The molecule has 0 heterocycles. The van der Waals surface area contributed by atoms with E-state index in [0.29, 0.717) is 19.0 Å². The summed E-state index contributed by atoms with van der Waals surface area (Å²) in [5.41, 5.74) is 0. The first kappa shape index (κ1) is 74.9. The quantitative estimate of drug-likeness (QED) is 0.0265. The van der Waals surface area contributed by atoms with Crippen molar-refractivity contribution in [1.82, 2.24) is 0 Å². The molecule has 0 aromatic heterocycles. The number of thiol groups is 2. The van der Waals surface area contributed by atoms with E-state index in [1.54, 1.807) is 0 Å². The maximum absolute atomic E-state index is 4.95. The Morgan fingerprint density at radius 3 is 0.765 bits per heavy atom. The van der Waals surface area contributed by atoms with Gasteiger partial charge in [0.2, 0.25) is 0 Å². The molecule has 0 aliphatic carbocycles. The molecule has 0 spiro atoms. The SMILES string of the molecule is C#CCCCC#C.CC(C)(C)SCCCCCCSC(CCCCCC(SCCCCCCSC(C)(C)C)SCCCCCSC(C)(C)C)SCCCCCSC(C)(C)C.SCCCCCCS. The lowest BCUT2D eigenvalue weighted by Crippen LogP contribution is -2.08. The molecule has 0 fully saturated rings. The van der Waals surface area contributed by atoms with Gasteiger partial charge in [0.1, 0.15) is 0 Å². The minimum Gasteiger partial charge on any atom is -0.179 e. The fraction of sp³-hybridized carbons (Fsp3) is 0.931. The van der Waals surface area contributed by atoms with E-state index in [1.807, 2.05) is 0 Å². The summed E-state index contributed by atoms with van der Waals surface area (Å²) < 4.78 is 3.28. The molecule has 0 N–H and O–H groups in total. The van der Waals surface area contributed by atoms with Crippen molar-refractivity contribution in [3.63, 3.8) is 0 Å². The molecule has 0 amide bonds. The minimum atomic E-state index is 0.412. The summed E-state index contributed by atoms with van der Waals surface area (Å²) >= 11 is 26.0. The second kappa shape index (κ2) is 53.0. The molecule has 0 saturated heterocycles. The van der Waals surface area contributed by atoms with Crippen molar-refractivity contribution in [2.45, 2.75) is 278 Å². The Balaban J connectivity index is -0.00000239. The van der Waals surface area contributed by atoms with Gasteiger partial charge in [0.25, 0.3) is 0 Å². The van der Waals surface area contributed by atoms with Crippen LogP contribution in [-0.2, 0) is 0 Å². The van der Waals surface area contributed by atoms with Gasteiger partial charge in [-0.05, 0) is 141 Å². The summed E-state index contributed by atoms with van der Waals surface area (Å²) in [6.45, 7) is 28.2. The molecular formula is C58H114S10. The average molecular weight is 1130 g/mol. The van der Waals surface area contributed by atoms with Crippen molar-refractivity contribution >= 4 is 119 Å². The van der Waals surface area contributed by atoms with Crippen LogP contribution < -0.4 is 0 Å². The Bertz CT molecular complexity index is 1010. The van der Waals surface area contributed by atoms with E-state index in [0.717, 1.165) is 39.9 Å². The third kappa shape index (κ3) is 72.9. The Morgan fingerprint density at radius 2 is 0.529 bits per heavy atom. The molecule has 0 bridgehead atoms. The van der Waals surface area contributed by atoms with E-state index in [9.17, 15) is 0 Å². The van der Waals surface area contributed by atoms with Gasteiger partial charge < -0.3 is 0 Å². The highest BCUT2D eigenvalue weighted by molar-refractivity contribution is 8.17. The van der Waals surface area contributed by atoms with Crippen LogP contribution in [0.15, 0.2) is 0 Å². The molecule has 10 heteroatoms. The Kier molecular flexibility index (Phi) is 58.4. The molecule has 0 rings (SSSR count). The minimum absolute atomic E-state index is 0.412. The van der Waals surface area contributed by atoms with E-state index in [1.165, 1.54) is 194 Å². The molecule has 2 unspecified atom stereocenters. The number of terminal acetylenes is 2. The lowest BCUT2D eigenvalue weighted by atomic mass is 10.2. The van der Waals surface area contributed by atoms with Gasteiger partial charge in [-0.3, -0.25) is 0 Å². The maximum atomic E-state index is 4.95. The molecule has 0 saturated carbocycles. The Morgan fingerprint density at radius 1 is 0.309 bits per heavy atom. The zero-order chi connectivity index (χ0) is 51.7. The molecule has 0 aliphatic heterocycles. The Labute approximate surface area is 475 Å². The number of unbranched alkanes of at least 4 members (excludes halogenated alkanes) is 17. The molecule has 0 aromatic rings. The van der Waals surface area contributed by atoms with Gasteiger partial charge in [-0.25, -0.2) is 0 Å². The van der Waals surface area contributed by atoms with Gasteiger partial charge in [0, 0.05) is 31.8 Å². The fourth-order valence-corrected chi connectivity index (χ4v) is 16.4. The van der Waals surface area contributed by atoms with E-state index in [-0.39, 0.29) is 0 Å². The van der Waals surface area contributed by atoms with Crippen molar-refractivity contribution in [1.29, 1.82) is 0 Å². The molecule has 406 valence electrons. The topological polar surface area (TPSA) is 0 Å². The second-order valence-corrected chi connectivity index (χ2v) is 36.3. The van der Waals surface area contributed by atoms with Gasteiger partial charge in [-0.15, -0.1) is 71.7 Å². The largest absolute Gasteiger partial charge is 0.179 e. The van der Waals surface area contributed by atoms with E-state index >= 15 is 0 Å². The summed E-state index contributed by atoms with van der Waals surface area (Å²) in [5.74, 6) is 17.8. The van der Waals surface area contributed by atoms with E-state index < -0.39 is 0 Å². The van der Waals surface area contributed by atoms with Gasteiger partial charge in [-0.2, -0.15) is 72.3 Å². The number of hydrogen-bond acceptors (Lipinski definition) is 10. The first-order valence-corrected chi connectivity index (χ1v) is 36.7. The smallest absolute Gasteiger partial charge is 0.0502 e. The first-order valence-electron chi connectivity index (χ1n) is 27.3. The van der Waals surface area contributed by atoms with Crippen molar-refractivity contribution in [3.8, 4) is 24.7 Å². The van der Waals surface area contributed by atoms with Crippen molar-refractivity contribution in [3.05, 3.63) is 0 Å². The predicted molar refractivity (Wildman–Crippen MR) is 352 cm³/mol. The van der Waals surface area contributed by atoms with Crippen LogP contribution in [0.1, 0.15) is 250 Å². The monoisotopic (exact) mass is 1130 g/mol. The molecule has 0 nitrogen and oxygen atoms in total. The molecule has 0 radical (unpaired) electrons. The van der Waals surface area contributed by atoms with Crippen LogP contribution in [0.25, 0.3) is 0 Å². The second-order valence-electron chi connectivity index (χ2n) is 21.9. The highest BCUT2D eigenvalue weighted by Crippen LogP contribution is 2.34. The highest BCUT2D eigenvalue weighted by Gasteiger charge is 2.15. The van der Waals surface area contributed by atoms with Crippen molar-refractivity contribution < 1.29 is 0 Å². The lowest BCUT2D eigenvalue weighted by molar-refractivity contribution is 0.647. The zero-order valence-corrected chi connectivity index (χ0v) is 55.2. The van der Waals surface area contributed by atoms with E-state index in [2.05, 4.69) is 214 Å². The third-order valence-corrected chi connectivity index (χ3v) is 22.3. The molecule has 0 aromatic carbocycles. The van der Waals surface area contributed by atoms with Crippen LogP contribution in [0.4, 0.5) is 0 Å². The Hall–Kier alpha value is 2.62. The first-order chi connectivity index (χ1) is 32.2. The highest BCUT2D eigenvalue weighted by atomic mass is 32.2. The summed E-state index contributed by atoms with van der Waals surface area (Å²) in [6, 6.07) is 0. The standard InChI is InChI=1S/C45H92S8.C7H8.C6H14S2/c1-42(2,3)50-36-26-15-13-22-32-46-40(48-34-24-18-28-38-52-44(7,8)9)30-20-17-21-31-41(49-35-25-19-29-39-53-45(10,11)12)47-33-23-14-16-27-37-51-43(4,5)6;1-3-5-7-6-4-2;7-5-3-1-2-4-6-8/h40-41H,13-39H2,1-12H3;1-2H,5-7H2;7-8H,1-6H2. The normalized spacial score (nSPS) is 12.9. The summed E-state index contributed by atoms with van der Waals surface area (Å²) in [6.07, 6.45) is 44.4. The van der Waals surface area contributed by atoms with Gasteiger partial charge >= 0.3 is 0 Å². The average Bonchev–Trinajstić information content (AvgIpc) is 3.24. The van der Waals surface area contributed by atoms with Gasteiger partial charge in [-0.1, -0.05) is 154 Å². The third-order valence-electron chi connectivity index (χ3n) is 10.1. The summed E-state index contributed by atoms with van der Waals surface area (Å²) in [4.78, 5) is 0. The zero-order valence-electron chi connectivity index (χ0n) is 46.9. The number of thioether (sulfide) groups is 8. The molecule has 68 heavy (non-hydrogen) atoms. The van der Waals surface area contributed by atoms with E-state index in [4.69, 9.17) is 12.8 Å². The fourth-order valence-electron chi connectivity index (χ4n) is 6.35. The van der Waals surface area contributed by atoms with Crippen LogP contribution in [0.3, 0.4) is 0 Å². The van der Waals surface area contributed by atoms with Gasteiger partial charge in [0.15, 0.2) is 0 Å². The van der Waals surface area contributed by atoms with Crippen molar-refractivity contribution in [2.75, 3.05) is 57.5 Å². The van der Waals surface area contributed by atoms with Crippen LogP contribution in [0.5, 0.6) is 0 Å². The van der Waals surface area contributed by atoms with Crippen molar-refractivity contribution in [2.24, 2.45) is 0 Å². The summed E-state index contributed by atoms with van der Waals surface area (Å²) in [5, 5.41) is 0. The van der Waals surface area contributed by atoms with Crippen LogP contribution in [-0.4, -0.2) is 85.7 Å². The van der Waals surface area contributed by atoms with Crippen LogP contribution in [0, 0.1) is 24.7 Å². The molecule has 0 aliphatic rings. The van der Waals surface area contributed by atoms with Crippen LogP contribution in [0.2, 0.25) is 0 Å². The number of rotatable bonds is 43. The molecule has 2 atom stereocenters. The summed E-state index contributed by atoms with van der Waals surface area (Å²) in [7, 11) is 0.